The monoisotopic (exact) mass is 258 g/mol. The van der Waals surface area contributed by atoms with Crippen molar-refractivity contribution in [2.24, 2.45) is 0 Å². The third kappa shape index (κ3) is 2.98. The van der Waals surface area contributed by atoms with Crippen molar-refractivity contribution >= 4 is 17.8 Å². The zero-order valence-electron chi connectivity index (χ0n) is 10.7. The summed E-state index contributed by atoms with van der Waals surface area (Å²) in [6.45, 7) is 2.93. The number of carbonyl (C=O) groups excluding carboxylic acids is 3. The molecule has 102 valence electrons. The van der Waals surface area contributed by atoms with Gasteiger partial charge in [0.05, 0.1) is 0 Å². The number of nitrogens with zero attached hydrogens (tertiary/aromatic N) is 1. The van der Waals surface area contributed by atoms with Crippen LogP contribution in [0.5, 0.6) is 0 Å². The summed E-state index contributed by atoms with van der Waals surface area (Å²) >= 11 is 0. The Hall–Kier alpha value is -1.63. The number of likely N-dealkylation sites (N-methyl/N-ethyl adjacent to an activating group) is 1. The highest BCUT2D eigenvalue weighted by Crippen LogP contribution is 2.20. The summed E-state index contributed by atoms with van der Waals surface area (Å²) in [4.78, 5) is 35.8. The number of nitrogens with one attached hydrogen (secondary N) is 1. The van der Waals surface area contributed by atoms with Crippen LogP contribution in [0.1, 0.15) is 26.7 Å². The summed E-state index contributed by atoms with van der Waals surface area (Å²) in [5.74, 6) is -4.04. The molecule has 1 rings (SSSR count). The normalized spacial score (nSPS) is 22.2. The molecule has 1 fully saturated rings. The van der Waals surface area contributed by atoms with Crippen molar-refractivity contribution in [2.45, 2.75) is 38.5 Å². The molecule has 7 nitrogen and oxygen atoms in total. The summed E-state index contributed by atoms with van der Waals surface area (Å²) in [5, 5.41) is 11.9. The minimum atomic E-state index is -2.23. The zero-order valence-corrected chi connectivity index (χ0v) is 10.7. The van der Waals surface area contributed by atoms with E-state index in [9.17, 15) is 19.5 Å². The first-order valence-electron chi connectivity index (χ1n) is 5.74. The van der Waals surface area contributed by atoms with Gasteiger partial charge in [-0.1, -0.05) is 0 Å². The molecule has 0 radical (unpaired) electrons. The second-order valence-corrected chi connectivity index (χ2v) is 4.35. The number of hydrogen-bond donors (Lipinski definition) is 2. The molecule has 0 spiro atoms. The van der Waals surface area contributed by atoms with Crippen LogP contribution in [0.4, 0.5) is 0 Å². The molecule has 7 heteroatoms. The van der Waals surface area contributed by atoms with Gasteiger partial charge >= 0.3 is 5.97 Å². The van der Waals surface area contributed by atoms with Gasteiger partial charge in [-0.05, 0) is 12.8 Å². The lowest BCUT2D eigenvalue weighted by atomic mass is 10.2. The molecule has 1 heterocycles. The molecule has 2 atom stereocenters. The maximum absolute atomic E-state index is 11.8. The third-order valence-corrected chi connectivity index (χ3v) is 2.88. The molecular formula is C11H18N2O5. The standard InChI is InChI=1S/C11H18N2O5/c1-7(14)13-6-4-5-8(13)9(15)18-11(2,17)10(16)12-3/h8,17H,4-6H2,1-3H3,(H,12,16). The Bertz CT molecular complexity index is 366. The molecule has 0 aromatic rings. The molecule has 0 saturated carbocycles. The van der Waals surface area contributed by atoms with Crippen LogP contribution in [0.2, 0.25) is 0 Å². The van der Waals surface area contributed by atoms with Gasteiger partial charge in [-0.15, -0.1) is 0 Å². The first kappa shape index (κ1) is 14.4. The van der Waals surface area contributed by atoms with Crippen molar-refractivity contribution < 1.29 is 24.2 Å². The highest BCUT2D eigenvalue weighted by Gasteiger charge is 2.40. The number of esters is 1. The van der Waals surface area contributed by atoms with Gasteiger partial charge in [0.15, 0.2) is 0 Å². The molecule has 0 aliphatic carbocycles. The van der Waals surface area contributed by atoms with E-state index in [1.807, 2.05) is 0 Å². The lowest BCUT2D eigenvalue weighted by Gasteiger charge is -2.26. The SMILES string of the molecule is CNC(=O)C(C)(O)OC(=O)C1CCCN1C(C)=O. The van der Waals surface area contributed by atoms with Gasteiger partial charge in [-0.25, -0.2) is 4.79 Å². The number of carbonyl (C=O) groups is 3. The third-order valence-electron chi connectivity index (χ3n) is 2.88. The van der Waals surface area contributed by atoms with Crippen LogP contribution in [0.3, 0.4) is 0 Å². The van der Waals surface area contributed by atoms with Gasteiger partial charge in [0.25, 0.3) is 11.7 Å². The largest absolute Gasteiger partial charge is 0.422 e. The van der Waals surface area contributed by atoms with Crippen molar-refractivity contribution in [3.05, 3.63) is 0 Å². The van der Waals surface area contributed by atoms with Crippen molar-refractivity contribution in [1.82, 2.24) is 10.2 Å². The minimum Gasteiger partial charge on any atom is -0.422 e. The molecule has 2 amide bonds. The van der Waals surface area contributed by atoms with Crippen LogP contribution < -0.4 is 5.32 Å². The van der Waals surface area contributed by atoms with Crippen molar-refractivity contribution in [2.75, 3.05) is 13.6 Å². The first-order valence-corrected chi connectivity index (χ1v) is 5.74. The van der Waals surface area contributed by atoms with Crippen LogP contribution >= 0.6 is 0 Å². The van der Waals surface area contributed by atoms with Gasteiger partial charge in [-0.3, -0.25) is 9.59 Å². The van der Waals surface area contributed by atoms with E-state index >= 15 is 0 Å². The number of ether oxygens (including phenoxy) is 1. The summed E-state index contributed by atoms with van der Waals surface area (Å²) in [7, 11) is 1.32. The molecule has 18 heavy (non-hydrogen) atoms. The summed E-state index contributed by atoms with van der Waals surface area (Å²) in [6.07, 6.45) is 1.17. The Kier molecular flexibility index (Phi) is 4.28. The number of aliphatic hydroxyl groups is 1. The Morgan fingerprint density at radius 2 is 2.06 bits per heavy atom. The Labute approximate surface area is 105 Å². The molecule has 0 aromatic heterocycles. The highest BCUT2D eigenvalue weighted by atomic mass is 16.7. The van der Waals surface area contributed by atoms with E-state index in [0.717, 1.165) is 6.92 Å². The number of amides is 2. The molecule has 1 aliphatic heterocycles. The second-order valence-electron chi connectivity index (χ2n) is 4.35. The lowest BCUT2D eigenvalue weighted by Crippen LogP contribution is -2.50. The predicted molar refractivity (Wildman–Crippen MR) is 61.2 cm³/mol. The van der Waals surface area contributed by atoms with Crippen LogP contribution in [0.25, 0.3) is 0 Å². The predicted octanol–water partition coefficient (Wildman–Crippen LogP) is -1.01. The van der Waals surface area contributed by atoms with E-state index in [2.05, 4.69) is 5.32 Å². The average molecular weight is 258 g/mol. The van der Waals surface area contributed by atoms with Crippen LogP contribution in [-0.4, -0.2) is 53.2 Å². The molecule has 1 saturated heterocycles. The molecule has 0 bridgehead atoms. The second kappa shape index (κ2) is 5.34. The Balaban J connectivity index is 2.71. The quantitative estimate of drug-likeness (QED) is 0.500. The number of hydrogen-bond acceptors (Lipinski definition) is 5. The van der Waals surface area contributed by atoms with Gasteiger partial charge in [0.1, 0.15) is 6.04 Å². The summed E-state index contributed by atoms with van der Waals surface area (Å²) in [6, 6.07) is -0.723. The van der Waals surface area contributed by atoms with E-state index in [1.165, 1.54) is 18.9 Å². The Morgan fingerprint density at radius 3 is 2.56 bits per heavy atom. The fourth-order valence-electron chi connectivity index (χ4n) is 1.93. The van der Waals surface area contributed by atoms with Crippen LogP contribution in [0, 0.1) is 0 Å². The van der Waals surface area contributed by atoms with Gasteiger partial charge < -0.3 is 20.1 Å². The van der Waals surface area contributed by atoms with E-state index in [0.29, 0.717) is 19.4 Å². The summed E-state index contributed by atoms with van der Waals surface area (Å²) in [5.41, 5.74) is 0. The molecule has 2 unspecified atom stereocenters. The minimum absolute atomic E-state index is 0.228. The van der Waals surface area contributed by atoms with Crippen molar-refractivity contribution in [3.63, 3.8) is 0 Å². The Morgan fingerprint density at radius 1 is 1.44 bits per heavy atom. The smallest absolute Gasteiger partial charge is 0.331 e. The molecule has 1 aliphatic rings. The van der Waals surface area contributed by atoms with Crippen LogP contribution in [-0.2, 0) is 19.1 Å². The van der Waals surface area contributed by atoms with E-state index < -0.39 is 23.7 Å². The van der Waals surface area contributed by atoms with Crippen molar-refractivity contribution in [1.29, 1.82) is 0 Å². The van der Waals surface area contributed by atoms with Crippen molar-refractivity contribution in [3.8, 4) is 0 Å². The molecular weight excluding hydrogens is 240 g/mol. The topological polar surface area (TPSA) is 95.9 Å². The summed E-state index contributed by atoms with van der Waals surface area (Å²) < 4.78 is 4.77. The first-order chi connectivity index (χ1) is 8.29. The number of likely N-dealkylation sites (tertiary alicyclic amines) is 1. The van der Waals surface area contributed by atoms with Gasteiger partial charge in [-0.2, -0.15) is 0 Å². The van der Waals surface area contributed by atoms with Crippen LogP contribution in [0.15, 0.2) is 0 Å². The fraction of sp³-hybridized carbons (Fsp3) is 0.727. The van der Waals surface area contributed by atoms with Gasteiger partial charge in [0, 0.05) is 27.4 Å². The van der Waals surface area contributed by atoms with E-state index in [1.54, 1.807) is 0 Å². The molecule has 0 aromatic carbocycles. The fourth-order valence-corrected chi connectivity index (χ4v) is 1.93. The maximum atomic E-state index is 11.8. The maximum Gasteiger partial charge on any atom is 0.331 e. The highest BCUT2D eigenvalue weighted by molar-refractivity contribution is 5.88. The zero-order chi connectivity index (χ0) is 13.9. The molecule has 2 N–H and O–H groups in total. The number of rotatable bonds is 3. The average Bonchev–Trinajstić information content (AvgIpc) is 2.76. The van der Waals surface area contributed by atoms with Gasteiger partial charge in [0.2, 0.25) is 5.91 Å². The lowest BCUT2D eigenvalue weighted by molar-refractivity contribution is -0.208. The van der Waals surface area contributed by atoms with E-state index in [4.69, 9.17) is 4.74 Å². The van der Waals surface area contributed by atoms with E-state index in [-0.39, 0.29) is 5.91 Å².